The summed E-state index contributed by atoms with van der Waals surface area (Å²) in [7, 11) is 0. The zero-order chi connectivity index (χ0) is 14.3. The second kappa shape index (κ2) is 7.82. The van der Waals surface area contributed by atoms with Gasteiger partial charge in [-0.25, -0.2) is 0 Å². The third kappa shape index (κ3) is 4.93. The lowest BCUT2D eigenvalue weighted by Gasteiger charge is -2.16. The molecule has 0 bridgehead atoms. The van der Waals surface area contributed by atoms with Crippen molar-refractivity contribution in [1.82, 2.24) is 4.90 Å². The Hall–Kier alpha value is -1.51. The third-order valence-corrected chi connectivity index (χ3v) is 2.94. The first-order valence-corrected chi connectivity index (χ1v) is 6.48. The first-order chi connectivity index (χ1) is 9.08. The average molecular weight is 296 g/mol. The second-order valence-electron chi connectivity index (χ2n) is 3.82. The fraction of sp³-hybridized carbons (Fsp3) is 0.133. The van der Waals surface area contributed by atoms with Crippen LogP contribution in [0.5, 0.6) is 0 Å². The molecule has 1 rings (SSSR count). The van der Waals surface area contributed by atoms with E-state index in [1.807, 2.05) is 0 Å². The molecule has 0 aromatic heterocycles. The van der Waals surface area contributed by atoms with Gasteiger partial charge in [-0.2, -0.15) is 0 Å². The fourth-order valence-electron chi connectivity index (χ4n) is 1.47. The highest BCUT2D eigenvalue weighted by molar-refractivity contribution is 6.35. The molecule has 0 saturated carbocycles. The van der Waals surface area contributed by atoms with Gasteiger partial charge in [-0.05, 0) is 23.8 Å². The van der Waals surface area contributed by atoms with Gasteiger partial charge in [-0.3, -0.25) is 4.79 Å². The molecule has 4 heteroatoms. The Morgan fingerprint density at radius 3 is 2.37 bits per heavy atom. The minimum Gasteiger partial charge on any atom is -0.332 e. The van der Waals surface area contributed by atoms with Crippen LogP contribution < -0.4 is 0 Å². The van der Waals surface area contributed by atoms with Gasteiger partial charge in [0.05, 0.1) is 0 Å². The smallest absolute Gasteiger partial charge is 0.247 e. The van der Waals surface area contributed by atoms with Crippen LogP contribution in [0.15, 0.2) is 49.6 Å². The van der Waals surface area contributed by atoms with Crippen molar-refractivity contribution < 1.29 is 4.79 Å². The van der Waals surface area contributed by atoms with Gasteiger partial charge in [0.2, 0.25) is 5.91 Å². The summed E-state index contributed by atoms with van der Waals surface area (Å²) in [6.45, 7) is 8.19. The third-order valence-electron chi connectivity index (χ3n) is 2.38. The van der Waals surface area contributed by atoms with E-state index in [2.05, 4.69) is 13.2 Å². The van der Waals surface area contributed by atoms with Gasteiger partial charge in [0.1, 0.15) is 0 Å². The Balaban J connectivity index is 2.81. The first-order valence-electron chi connectivity index (χ1n) is 5.72. The molecule has 0 aliphatic heterocycles. The number of carbonyl (C=O) groups is 1. The summed E-state index contributed by atoms with van der Waals surface area (Å²) in [5.74, 6) is -0.120. The van der Waals surface area contributed by atoms with Gasteiger partial charge in [0.15, 0.2) is 0 Å². The van der Waals surface area contributed by atoms with E-state index in [4.69, 9.17) is 23.2 Å². The molecule has 1 amide bonds. The molecular formula is C15H15Cl2NO. The van der Waals surface area contributed by atoms with E-state index in [-0.39, 0.29) is 5.91 Å². The lowest BCUT2D eigenvalue weighted by molar-refractivity contribution is -0.124. The molecule has 0 atom stereocenters. The van der Waals surface area contributed by atoms with Crippen LogP contribution in [-0.2, 0) is 4.79 Å². The second-order valence-corrected chi connectivity index (χ2v) is 4.66. The van der Waals surface area contributed by atoms with Crippen molar-refractivity contribution in [3.63, 3.8) is 0 Å². The molecule has 19 heavy (non-hydrogen) atoms. The Bertz CT molecular complexity index is 499. The van der Waals surface area contributed by atoms with E-state index in [0.717, 1.165) is 5.56 Å². The summed E-state index contributed by atoms with van der Waals surface area (Å²) in [6.07, 6.45) is 6.48. The molecule has 100 valence electrons. The normalized spacial score (nSPS) is 10.4. The van der Waals surface area contributed by atoms with Gasteiger partial charge in [0, 0.05) is 29.2 Å². The predicted molar refractivity (Wildman–Crippen MR) is 82.5 cm³/mol. The highest BCUT2D eigenvalue weighted by Gasteiger charge is 2.06. The molecule has 0 aliphatic carbocycles. The largest absolute Gasteiger partial charge is 0.332 e. The van der Waals surface area contributed by atoms with E-state index in [0.29, 0.717) is 23.1 Å². The molecule has 0 heterocycles. The molecule has 1 aromatic rings. The van der Waals surface area contributed by atoms with Crippen LogP contribution in [0.25, 0.3) is 6.08 Å². The SMILES string of the molecule is C=CCN(CC=C)C(=O)C=Cc1ccc(Cl)cc1Cl. The Kier molecular flexibility index (Phi) is 6.40. The molecule has 1 aromatic carbocycles. The van der Waals surface area contributed by atoms with Crippen LogP contribution in [0.1, 0.15) is 5.56 Å². The number of benzene rings is 1. The Labute approximate surface area is 123 Å². The zero-order valence-electron chi connectivity index (χ0n) is 10.5. The van der Waals surface area contributed by atoms with Gasteiger partial charge in [-0.1, -0.05) is 41.4 Å². The van der Waals surface area contributed by atoms with Gasteiger partial charge < -0.3 is 4.90 Å². The van der Waals surface area contributed by atoms with E-state index in [1.54, 1.807) is 41.3 Å². The van der Waals surface area contributed by atoms with Crippen molar-refractivity contribution in [2.24, 2.45) is 0 Å². The minimum absolute atomic E-state index is 0.120. The highest BCUT2D eigenvalue weighted by atomic mass is 35.5. The summed E-state index contributed by atoms with van der Waals surface area (Å²) < 4.78 is 0. The number of rotatable bonds is 6. The van der Waals surface area contributed by atoms with Gasteiger partial charge >= 0.3 is 0 Å². The molecule has 0 saturated heterocycles. The van der Waals surface area contributed by atoms with E-state index in [1.165, 1.54) is 6.08 Å². The maximum Gasteiger partial charge on any atom is 0.247 e. The molecule has 0 spiro atoms. The van der Waals surface area contributed by atoms with Crippen molar-refractivity contribution >= 4 is 35.2 Å². The van der Waals surface area contributed by atoms with E-state index in [9.17, 15) is 4.79 Å². The predicted octanol–water partition coefficient (Wildman–Crippen LogP) is 4.21. The standard InChI is InChI=1S/C15H15Cl2NO/c1-3-9-18(10-4-2)15(19)8-6-12-5-7-13(16)11-14(12)17/h3-8,11H,1-2,9-10H2. The van der Waals surface area contributed by atoms with Crippen molar-refractivity contribution in [1.29, 1.82) is 0 Å². The number of hydrogen-bond donors (Lipinski definition) is 0. The van der Waals surface area contributed by atoms with Crippen molar-refractivity contribution in [3.05, 3.63) is 65.2 Å². The molecule has 2 nitrogen and oxygen atoms in total. The average Bonchev–Trinajstić information content (AvgIpc) is 2.37. The zero-order valence-corrected chi connectivity index (χ0v) is 12.0. The molecule has 0 radical (unpaired) electrons. The number of hydrogen-bond acceptors (Lipinski definition) is 1. The lowest BCUT2D eigenvalue weighted by Crippen LogP contribution is -2.29. The first kappa shape index (κ1) is 15.5. The summed E-state index contributed by atoms with van der Waals surface area (Å²) in [4.78, 5) is 13.6. The van der Waals surface area contributed by atoms with Gasteiger partial charge in [-0.15, -0.1) is 13.2 Å². The quantitative estimate of drug-likeness (QED) is 0.569. The van der Waals surface area contributed by atoms with Crippen molar-refractivity contribution in [2.75, 3.05) is 13.1 Å². The molecule has 0 aliphatic rings. The maximum atomic E-state index is 11.9. The molecule has 0 N–H and O–H groups in total. The number of halogens is 2. The summed E-state index contributed by atoms with van der Waals surface area (Å²) in [5.41, 5.74) is 0.747. The van der Waals surface area contributed by atoms with Crippen LogP contribution in [0.4, 0.5) is 0 Å². The van der Waals surface area contributed by atoms with Crippen LogP contribution >= 0.6 is 23.2 Å². The highest BCUT2D eigenvalue weighted by Crippen LogP contribution is 2.22. The molecule has 0 unspecified atom stereocenters. The Morgan fingerprint density at radius 1 is 1.21 bits per heavy atom. The number of amides is 1. The van der Waals surface area contributed by atoms with E-state index < -0.39 is 0 Å². The molecular weight excluding hydrogens is 281 g/mol. The van der Waals surface area contributed by atoms with Crippen LogP contribution in [0, 0.1) is 0 Å². The summed E-state index contributed by atoms with van der Waals surface area (Å²) in [6, 6.07) is 5.13. The van der Waals surface area contributed by atoms with Crippen molar-refractivity contribution in [3.8, 4) is 0 Å². The van der Waals surface area contributed by atoms with Gasteiger partial charge in [0.25, 0.3) is 0 Å². The Morgan fingerprint density at radius 2 is 1.84 bits per heavy atom. The topological polar surface area (TPSA) is 20.3 Å². The van der Waals surface area contributed by atoms with Crippen molar-refractivity contribution in [2.45, 2.75) is 0 Å². The molecule has 0 fully saturated rings. The number of nitrogens with zero attached hydrogens (tertiary/aromatic N) is 1. The minimum atomic E-state index is -0.120. The summed E-state index contributed by atoms with van der Waals surface area (Å²) in [5, 5.41) is 1.07. The van der Waals surface area contributed by atoms with E-state index >= 15 is 0 Å². The van der Waals surface area contributed by atoms with Crippen LogP contribution in [0.2, 0.25) is 10.0 Å². The summed E-state index contributed by atoms with van der Waals surface area (Å²) >= 11 is 11.8. The fourth-order valence-corrected chi connectivity index (χ4v) is 1.94. The lowest BCUT2D eigenvalue weighted by atomic mass is 10.2. The van der Waals surface area contributed by atoms with Crippen LogP contribution in [0.3, 0.4) is 0 Å². The van der Waals surface area contributed by atoms with Crippen LogP contribution in [-0.4, -0.2) is 23.9 Å². The monoisotopic (exact) mass is 295 g/mol. The number of carbonyl (C=O) groups excluding carboxylic acids is 1. The maximum absolute atomic E-state index is 11.9.